The van der Waals surface area contributed by atoms with Gasteiger partial charge in [0.2, 0.25) is 10.3 Å². The molecule has 0 aromatic heterocycles. The predicted octanol–water partition coefficient (Wildman–Crippen LogP) is 5.27. The van der Waals surface area contributed by atoms with Gasteiger partial charge in [0, 0.05) is 12.0 Å². The summed E-state index contributed by atoms with van der Waals surface area (Å²) < 4.78 is 14.8. The van der Waals surface area contributed by atoms with Crippen LogP contribution < -0.4 is 0 Å². The van der Waals surface area contributed by atoms with Crippen LogP contribution in [0.25, 0.3) is 0 Å². The number of alkyl halides is 1. The molecule has 1 aliphatic carbocycles. The zero-order chi connectivity index (χ0) is 26.4. The van der Waals surface area contributed by atoms with Crippen molar-refractivity contribution < 1.29 is 38.5 Å². The van der Waals surface area contributed by atoms with Crippen LogP contribution >= 0.6 is 15.9 Å². The molecule has 0 spiro atoms. The number of carboxylic acid groups (broad SMARTS) is 1. The van der Waals surface area contributed by atoms with Crippen molar-refractivity contribution in [1.29, 1.82) is 0 Å². The second kappa shape index (κ2) is 11.0. The summed E-state index contributed by atoms with van der Waals surface area (Å²) in [6, 6.07) is 23.9. The summed E-state index contributed by atoms with van der Waals surface area (Å²) in [6.45, 7) is 0. The fourth-order valence-corrected chi connectivity index (χ4v) is 4.17. The lowest BCUT2D eigenvalue weighted by atomic mass is 9.99. The van der Waals surface area contributed by atoms with Crippen LogP contribution in [0.3, 0.4) is 0 Å². The van der Waals surface area contributed by atoms with Crippen LogP contribution in [0.2, 0.25) is 0 Å². The second-order valence-electron chi connectivity index (χ2n) is 7.84. The number of esters is 3. The van der Waals surface area contributed by atoms with Crippen molar-refractivity contribution in [3.8, 4) is 0 Å². The average Bonchev–Trinajstić information content (AvgIpc) is 2.91. The molecule has 4 rings (SSSR count). The first kappa shape index (κ1) is 25.6. The average molecular weight is 563 g/mol. The molecule has 1 atom stereocenters. The van der Waals surface area contributed by atoms with Gasteiger partial charge in [-0.3, -0.25) is 0 Å². The van der Waals surface area contributed by atoms with Crippen LogP contribution in [0.1, 0.15) is 37.5 Å². The van der Waals surface area contributed by atoms with Crippen molar-refractivity contribution >= 4 is 39.8 Å². The number of aliphatic carboxylic acids is 1. The molecule has 3 aromatic carbocycles. The van der Waals surface area contributed by atoms with E-state index in [0.29, 0.717) is 0 Å². The minimum atomic E-state index is -1.99. The highest BCUT2D eigenvalue weighted by Crippen LogP contribution is 2.43. The van der Waals surface area contributed by atoms with Gasteiger partial charge in [-0.05, 0) is 58.4 Å². The Labute approximate surface area is 219 Å². The second-order valence-corrected chi connectivity index (χ2v) is 9.12. The van der Waals surface area contributed by atoms with Gasteiger partial charge < -0.3 is 19.3 Å². The Morgan fingerprint density at radius 2 is 1.11 bits per heavy atom. The van der Waals surface area contributed by atoms with Crippen molar-refractivity contribution in [3.05, 3.63) is 131 Å². The van der Waals surface area contributed by atoms with Crippen molar-refractivity contribution in [2.75, 3.05) is 0 Å². The maximum atomic E-state index is 13.0. The van der Waals surface area contributed by atoms with E-state index >= 15 is 0 Å². The smallest absolute Gasteiger partial charge is 0.343 e. The number of halogens is 1. The topological polar surface area (TPSA) is 116 Å². The Kier molecular flexibility index (Phi) is 7.64. The fourth-order valence-electron chi connectivity index (χ4n) is 3.45. The highest BCUT2D eigenvalue weighted by Gasteiger charge is 2.47. The standard InChI is InChI=1S/C28H19BrO8/c29-28(37-27(34)20-14-8-3-9-15-20)17-21(24(30)31)16-22(35-25(32)18-10-4-1-5-11-18)23(28)36-26(33)19-12-6-2-7-13-19/h1-16H,17H2,(H,30,31). The van der Waals surface area contributed by atoms with Gasteiger partial charge in [0.1, 0.15) is 0 Å². The summed E-state index contributed by atoms with van der Waals surface area (Å²) in [5, 5.41) is 9.74. The summed E-state index contributed by atoms with van der Waals surface area (Å²) in [6.07, 6.45) is 0.636. The molecule has 0 saturated carbocycles. The number of benzene rings is 3. The molecule has 37 heavy (non-hydrogen) atoms. The molecular formula is C28H19BrO8. The SMILES string of the molecule is O=C(O)C1=CC(OC(=O)c2ccccc2)=C(OC(=O)c2ccccc2)C(Br)(OC(=O)c2ccccc2)C1. The molecule has 0 amide bonds. The lowest BCUT2D eigenvalue weighted by molar-refractivity contribution is -0.133. The van der Waals surface area contributed by atoms with E-state index in [2.05, 4.69) is 15.9 Å². The number of ether oxygens (including phenoxy) is 3. The number of rotatable bonds is 7. The number of hydrogen-bond acceptors (Lipinski definition) is 7. The molecule has 1 unspecified atom stereocenters. The maximum absolute atomic E-state index is 13.0. The quantitative estimate of drug-likeness (QED) is 0.235. The molecule has 0 heterocycles. The van der Waals surface area contributed by atoms with Crippen LogP contribution in [-0.2, 0) is 19.0 Å². The zero-order valence-corrected chi connectivity index (χ0v) is 20.7. The first-order chi connectivity index (χ1) is 17.8. The minimum Gasteiger partial charge on any atom is -0.478 e. The minimum absolute atomic E-state index is 0.168. The first-order valence-corrected chi connectivity index (χ1v) is 11.8. The van der Waals surface area contributed by atoms with Crippen LogP contribution in [0.15, 0.2) is 114 Å². The zero-order valence-electron chi connectivity index (χ0n) is 19.1. The third-order valence-electron chi connectivity index (χ3n) is 5.24. The van der Waals surface area contributed by atoms with Gasteiger partial charge in [-0.1, -0.05) is 54.6 Å². The van der Waals surface area contributed by atoms with Crippen LogP contribution in [-0.4, -0.2) is 33.5 Å². The van der Waals surface area contributed by atoms with Gasteiger partial charge in [-0.2, -0.15) is 0 Å². The number of allylic oxidation sites excluding steroid dienone is 1. The normalized spacial score (nSPS) is 16.8. The molecule has 3 aromatic rings. The van der Waals surface area contributed by atoms with E-state index in [9.17, 15) is 24.3 Å². The molecule has 186 valence electrons. The maximum Gasteiger partial charge on any atom is 0.343 e. The fraction of sp³-hybridized carbons (Fsp3) is 0.0714. The van der Waals surface area contributed by atoms with E-state index < -0.39 is 40.6 Å². The Hall–Kier alpha value is -4.50. The van der Waals surface area contributed by atoms with Gasteiger partial charge in [0.05, 0.1) is 16.7 Å². The summed E-state index contributed by atoms with van der Waals surface area (Å²) in [7, 11) is 0. The largest absolute Gasteiger partial charge is 0.478 e. The van der Waals surface area contributed by atoms with E-state index in [-0.39, 0.29) is 28.0 Å². The molecule has 1 aliphatic rings. The van der Waals surface area contributed by atoms with E-state index in [1.807, 2.05) is 0 Å². The summed E-state index contributed by atoms with van der Waals surface area (Å²) in [5.41, 5.74) is 0.249. The molecule has 9 heteroatoms. The highest BCUT2D eigenvalue weighted by molar-refractivity contribution is 9.10. The Morgan fingerprint density at radius 3 is 1.57 bits per heavy atom. The predicted molar refractivity (Wildman–Crippen MR) is 135 cm³/mol. The van der Waals surface area contributed by atoms with Crippen LogP contribution in [0, 0.1) is 0 Å². The Bertz CT molecular complexity index is 1400. The first-order valence-electron chi connectivity index (χ1n) is 11.0. The van der Waals surface area contributed by atoms with Crippen molar-refractivity contribution in [1.82, 2.24) is 0 Å². The number of carbonyl (C=O) groups excluding carboxylic acids is 3. The van der Waals surface area contributed by atoms with E-state index in [4.69, 9.17) is 14.2 Å². The molecular weight excluding hydrogens is 544 g/mol. The van der Waals surface area contributed by atoms with Crippen molar-refractivity contribution in [2.45, 2.75) is 10.9 Å². The van der Waals surface area contributed by atoms with Gasteiger partial charge in [-0.25, -0.2) is 19.2 Å². The highest BCUT2D eigenvalue weighted by atomic mass is 79.9. The van der Waals surface area contributed by atoms with Crippen molar-refractivity contribution in [3.63, 3.8) is 0 Å². The summed E-state index contributed by atoms with van der Waals surface area (Å²) in [4.78, 5) is 50.7. The Balaban J connectivity index is 1.79. The Morgan fingerprint density at radius 1 is 0.676 bits per heavy atom. The molecule has 8 nitrogen and oxygen atoms in total. The molecule has 0 radical (unpaired) electrons. The van der Waals surface area contributed by atoms with E-state index in [0.717, 1.165) is 6.08 Å². The summed E-state index contributed by atoms with van der Waals surface area (Å²) in [5.74, 6) is -4.64. The molecule has 0 fully saturated rings. The van der Waals surface area contributed by atoms with Gasteiger partial charge in [-0.15, -0.1) is 0 Å². The van der Waals surface area contributed by atoms with E-state index in [1.165, 1.54) is 36.4 Å². The number of carboxylic acids is 1. The monoisotopic (exact) mass is 562 g/mol. The molecule has 0 bridgehead atoms. The van der Waals surface area contributed by atoms with E-state index in [1.54, 1.807) is 54.6 Å². The van der Waals surface area contributed by atoms with Gasteiger partial charge >= 0.3 is 23.9 Å². The molecule has 0 aliphatic heterocycles. The lowest BCUT2D eigenvalue weighted by Gasteiger charge is -2.33. The van der Waals surface area contributed by atoms with Crippen molar-refractivity contribution in [2.24, 2.45) is 0 Å². The third kappa shape index (κ3) is 6.02. The molecule has 1 N–H and O–H groups in total. The number of carbonyl (C=O) groups is 4. The number of hydrogen-bond donors (Lipinski definition) is 1. The molecule has 0 saturated heterocycles. The van der Waals surface area contributed by atoms with Gasteiger partial charge in [0.15, 0.2) is 5.76 Å². The van der Waals surface area contributed by atoms with Gasteiger partial charge in [0.25, 0.3) is 0 Å². The van der Waals surface area contributed by atoms with Crippen LogP contribution in [0.5, 0.6) is 0 Å². The lowest BCUT2D eigenvalue weighted by Crippen LogP contribution is -2.38. The summed E-state index contributed by atoms with van der Waals surface area (Å²) >= 11 is 3.28. The third-order valence-corrected chi connectivity index (χ3v) is 6.04. The van der Waals surface area contributed by atoms with Crippen LogP contribution in [0.4, 0.5) is 0 Å².